The van der Waals surface area contributed by atoms with Crippen molar-refractivity contribution in [3.63, 3.8) is 0 Å². The molecule has 0 saturated carbocycles. The summed E-state index contributed by atoms with van der Waals surface area (Å²) in [7, 11) is 2.00. The molecule has 0 radical (unpaired) electrons. The summed E-state index contributed by atoms with van der Waals surface area (Å²) in [5, 5.41) is 0. The van der Waals surface area contributed by atoms with Crippen LogP contribution < -0.4 is 4.90 Å². The molecule has 41 heavy (non-hydrogen) atoms. The maximum atomic E-state index is 13.6. The second kappa shape index (κ2) is 13.8. The number of halogens is 3. The average Bonchev–Trinajstić information content (AvgIpc) is 2.98. The number of hydrogen-bond donors (Lipinski definition) is 0. The first kappa shape index (κ1) is 30.3. The summed E-state index contributed by atoms with van der Waals surface area (Å²) in [5.74, 6) is 0.474. The molecular weight excluding hydrogens is 525 g/mol. The smallest absolute Gasteiger partial charge is 0.345 e. The topological polar surface area (TPSA) is 39.7 Å². The lowest BCUT2D eigenvalue weighted by atomic mass is 10.0. The molecule has 8 heteroatoms. The van der Waals surface area contributed by atoms with E-state index in [-0.39, 0.29) is 11.9 Å². The van der Waals surface area contributed by atoms with Crippen LogP contribution in [-0.2, 0) is 17.5 Å². The van der Waals surface area contributed by atoms with Gasteiger partial charge in [-0.25, -0.2) is 0 Å². The number of carbonyl (C=O) groups is 1. The molecule has 2 aromatic carbocycles. The van der Waals surface area contributed by atoms with Crippen LogP contribution in [0.4, 0.5) is 24.5 Å². The number of carbonyl (C=O) groups excluding carboxylic acids is 1. The van der Waals surface area contributed by atoms with E-state index in [0.29, 0.717) is 18.0 Å². The van der Waals surface area contributed by atoms with Crippen molar-refractivity contribution in [1.29, 1.82) is 0 Å². The lowest BCUT2D eigenvalue weighted by Crippen LogP contribution is -2.49. The fourth-order valence-electron chi connectivity index (χ4n) is 5.10. The van der Waals surface area contributed by atoms with E-state index in [1.54, 1.807) is 18.5 Å². The Hall–Kier alpha value is -3.65. The van der Waals surface area contributed by atoms with Gasteiger partial charge < -0.3 is 14.7 Å². The van der Waals surface area contributed by atoms with Crippen molar-refractivity contribution in [2.75, 3.05) is 31.6 Å². The SMILES string of the molecule is CC(C)CCN1CCC[C@H](N(Cc2ccc(N(C)c3ccncc3)cc2)C(=O)/C=C/c2ccc(C(F)(F)F)cc2)C1. The van der Waals surface area contributed by atoms with Crippen LogP contribution >= 0.6 is 0 Å². The van der Waals surface area contributed by atoms with Gasteiger partial charge in [0.25, 0.3) is 0 Å². The molecule has 0 N–H and O–H groups in total. The fraction of sp³-hybridized carbons (Fsp3) is 0.394. The van der Waals surface area contributed by atoms with Crippen LogP contribution in [0.15, 0.2) is 79.1 Å². The molecule has 5 nitrogen and oxygen atoms in total. The van der Waals surface area contributed by atoms with Gasteiger partial charge in [-0.1, -0.05) is 38.1 Å². The zero-order chi connectivity index (χ0) is 29.4. The molecule has 218 valence electrons. The van der Waals surface area contributed by atoms with Crippen molar-refractivity contribution < 1.29 is 18.0 Å². The first-order valence-corrected chi connectivity index (χ1v) is 14.2. The van der Waals surface area contributed by atoms with Crippen LogP contribution in [0, 0.1) is 5.92 Å². The summed E-state index contributed by atoms with van der Waals surface area (Å²) < 4.78 is 38.9. The standard InChI is InChI=1S/C33H39F3N4O/c1-25(2)18-22-39-21-4-5-31(24-39)40(32(41)15-10-26-6-11-28(12-7-26)33(34,35)36)23-27-8-13-29(14-9-27)38(3)30-16-19-37-20-17-30/h6-17,19-20,25,31H,4-5,18,21-24H2,1-3H3/b15-10+/t31-/m0/s1. The first-order chi connectivity index (χ1) is 19.6. The third kappa shape index (κ3) is 8.67. The minimum atomic E-state index is -4.39. The zero-order valence-electron chi connectivity index (χ0n) is 24.0. The number of benzene rings is 2. The van der Waals surface area contributed by atoms with Gasteiger partial charge in [-0.3, -0.25) is 9.78 Å². The predicted molar refractivity (Wildman–Crippen MR) is 159 cm³/mol. The Morgan fingerprint density at radius 2 is 1.68 bits per heavy atom. The largest absolute Gasteiger partial charge is 0.416 e. The Bertz CT molecular complexity index is 1270. The summed E-state index contributed by atoms with van der Waals surface area (Å²) >= 11 is 0. The van der Waals surface area contributed by atoms with Gasteiger partial charge in [0.05, 0.1) is 5.56 Å². The van der Waals surface area contributed by atoms with E-state index in [9.17, 15) is 18.0 Å². The summed E-state index contributed by atoms with van der Waals surface area (Å²) in [6, 6.07) is 17.0. The number of likely N-dealkylation sites (tertiary alicyclic amines) is 1. The molecule has 0 spiro atoms. The number of anilines is 2. The maximum absolute atomic E-state index is 13.6. The highest BCUT2D eigenvalue weighted by Gasteiger charge is 2.30. The van der Waals surface area contributed by atoms with E-state index in [0.717, 1.165) is 68.0 Å². The Morgan fingerprint density at radius 1 is 1.02 bits per heavy atom. The number of alkyl halides is 3. The van der Waals surface area contributed by atoms with Gasteiger partial charge in [0.1, 0.15) is 0 Å². The summed E-state index contributed by atoms with van der Waals surface area (Å²) in [6.07, 6.45) is 5.27. The number of piperidine rings is 1. The highest BCUT2D eigenvalue weighted by atomic mass is 19.4. The molecule has 1 atom stereocenters. The Labute approximate surface area is 241 Å². The molecule has 0 unspecified atom stereocenters. The van der Waals surface area contributed by atoms with Crippen molar-refractivity contribution in [2.45, 2.75) is 51.9 Å². The van der Waals surface area contributed by atoms with Gasteiger partial charge in [0.2, 0.25) is 5.91 Å². The van der Waals surface area contributed by atoms with E-state index < -0.39 is 11.7 Å². The molecule has 2 heterocycles. The summed E-state index contributed by atoms with van der Waals surface area (Å²) in [5.41, 5.74) is 2.92. The molecule has 1 aliphatic heterocycles. The normalized spacial score (nSPS) is 16.3. The van der Waals surface area contributed by atoms with Gasteiger partial charge in [-0.2, -0.15) is 13.2 Å². The number of pyridine rings is 1. The minimum Gasteiger partial charge on any atom is -0.345 e. The molecule has 0 bridgehead atoms. The molecule has 1 amide bonds. The second-order valence-corrected chi connectivity index (χ2v) is 11.1. The average molecular weight is 565 g/mol. The number of amides is 1. The third-order valence-electron chi connectivity index (χ3n) is 7.61. The molecule has 1 fully saturated rings. The van der Waals surface area contributed by atoms with Gasteiger partial charge in [0.15, 0.2) is 0 Å². The zero-order valence-corrected chi connectivity index (χ0v) is 24.0. The van der Waals surface area contributed by atoms with Gasteiger partial charge in [0, 0.05) is 56.0 Å². The molecule has 1 aromatic heterocycles. The lowest BCUT2D eigenvalue weighted by Gasteiger charge is -2.39. The van der Waals surface area contributed by atoms with E-state index in [1.165, 1.54) is 18.2 Å². The quantitative estimate of drug-likeness (QED) is 0.240. The lowest BCUT2D eigenvalue weighted by molar-refractivity contribution is -0.137. The van der Waals surface area contributed by atoms with Crippen LogP contribution in [0.25, 0.3) is 6.08 Å². The highest BCUT2D eigenvalue weighted by Crippen LogP contribution is 2.29. The molecule has 3 aromatic rings. The van der Waals surface area contributed by atoms with Crippen LogP contribution in [0.5, 0.6) is 0 Å². The second-order valence-electron chi connectivity index (χ2n) is 11.1. The van der Waals surface area contributed by atoms with Crippen molar-refractivity contribution in [3.8, 4) is 0 Å². The monoisotopic (exact) mass is 564 g/mol. The van der Waals surface area contributed by atoms with Crippen molar-refractivity contribution in [3.05, 3.63) is 95.8 Å². The van der Waals surface area contributed by atoms with Crippen LogP contribution in [0.3, 0.4) is 0 Å². The van der Waals surface area contributed by atoms with Crippen LogP contribution in [0.1, 0.15) is 49.8 Å². The molecule has 4 rings (SSSR count). The fourth-order valence-corrected chi connectivity index (χ4v) is 5.10. The van der Waals surface area contributed by atoms with Crippen molar-refractivity contribution in [2.24, 2.45) is 5.92 Å². The van der Waals surface area contributed by atoms with E-state index >= 15 is 0 Å². The number of rotatable bonds is 10. The third-order valence-corrected chi connectivity index (χ3v) is 7.61. The van der Waals surface area contributed by atoms with E-state index in [2.05, 4.69) is 28.6 Å². The Balaban J connectivity index is 1.51. The predicted octanol–water partition coefficient (Wildman–Crippen LogP) is 7.42. The number of nitrogens with zero attached hydrogens (tertiary/aromatic N) is 4. The summed E-state index contributed by atoms with van der Waals surface area (Å²) in [6.45, 7) is 7.75. The molecule has 1 aliphatic rings. The van der Waals surface area contributed by atoms with Crippen molar-refractivity contribution in [1.82, 2.24) is 14.8 Å². The maximum Gasteiger partial charge on any atom is 0.416 e. The first-order valence-electron chi connectivity index (χ1n) is 14.2. The molecule has 0 aliphatic carbocycles. The highest BCUT2D eigenvalue weighted by molar-refractivity contribution is 5.92. The Kier molecular flexibility index (Phi) is 10.2. The van der Waals surface area contributed by atoms with Crippen molar-refractivity contribution >= 4 is 23.4 Å². The number of hydrogen-bond acceptors (Lipinski definition) is 4. The van der Waals surface area contributed by atoms with Gasteiger partial charge >= 0.3 is 6.18 Å². The van der Waals surface area contributed by atoms with Crippen LogP contribution in [-0.4, -0.2) is 53.4 Å². The van der Waals surface area contributed by atoms with E-state index in [4.69, 9.17) is 0 Å². The Morgan fingerprint density at radius 3 is 2.32 bits per heavy atom. The number of aromatic nitrogens is 1. The van der Waals surface area contributed by atoms with Gasteiger partial charge in [-0.15, -0.1) is 0 Å². The van der Waals surface area contributed by atoms with Gasteiger partial charge in [-0.05, 0) is 91.9 Å². The molecule has 1 saturated heterocycles. The van der Waals surface area contributed by atoms with E-state index in [1.807, 2.05) is 48.3 Å². The summed E-state index contributed by atoms with van der Waals surface area (Å²) in [4.78, 5) is 24.1. The van der Waals surface area contributed by atoms with Crippen LogP contribution in [0.2, 0.25) is 0 Å². The molecular formula is C33H39F3N4O. The minimum absolute atomic E-state index is 0.0554.